The smallest absolute Gasteiger partial charge is 0.322 e. The molecule has 0 spiro atoms. The zero-order valence-electron chi connectivity index (χ0n) is 11.2. The molecule has 1 aliphatic heterocycles. The Kier molecular flexibility index (Phi) is 4.42. The maximum absolute atomic E-state index is 12.7. The third-order valence-corrected chi connectivity index (χ3v) is 5.36. The SMILES string of the molecule is COCc1ccccc1S(=O)(=O)N1CCC[C@@H]1C(=O)O. The first kappa shape index (κ1) is 15.0. The largest absolute Gasteiger partial charge is 0.480 e. The Balaban J connectivity index is 2.42. The predicted octanol–water partition coefficient (Wildman–Crippen LogP) is 1.07. The molecular formula is C13H17NO5S. The fourth-order valence-electron chi connectivity index (χ4n) is 2.43. The highest BCUT2D eigenvalue weighted by atomic mass is 32.2. The second kappa shape index (κ2) is 5.90. The number of ether oxygens (including phenoxy) is 1. The molecule has 0 amide bonds. The Morgan fingerprint density at radius 1 is 1.45 bits per heavy atom. The summed E-state index contributed by atoms with van der Waals surface area (Å²) < 4.78 is 31.4. The van der Waals surface area contributed by atoms with Crippen molar-refractivity contribution in [2.75, 3.05) is 13.7 Å². The van der Waals surface area contributed by atoms with Gasteiger partial charge in [0.15, 0.2) is 0 Å². The van der Waals surface area contributed by atoms with Crippen molar-refractivity contribution < 1.29 is 23.1 Å². The molecule has 1 aromatic rings. The first-order valence-electron chi connectivity index (χ1n) is 6.30. The van der Waals surface area contributed by atoms with Gasteiger partial charge in [0.25, 0.3) is 0 Å². The molecule has 0 aliphatic carbocycles. The van der Waals surface area contributed by atoms with Gasteiger partial charge in [-0.3, -0.25) is 4.79 Å². The number of benzene rings is 1. The van der Waals surface area contributed by atoms with Crippen LogP contribution in [0.25, 0.3) is 0 Å². The van der Waals surface area contributed by atoms with E-state index in [2.05, 4.69) is 0 Å². The molecule has 2 rings (SSSR count). The molecule has 6 nitrogen and oxygen atoms in total. The summed E-state index contributed by atoms with van der Waals surface area (Å²) in [7, 11) is -2.33. The zero-order valence-corrected chi connectivity index (χ0v) is 12.0. The molecule has 1 fully saturated rings. The summed E-state index contributed by atoms with van der Waals surface area (Å²) in [4.78, 5) is 11.3. The molecule has 110 valence electrons. The molecular weight excluding hydrogens is 282 g/mol. The Morgan fingerprint density at radius 2 is 2.15 bits per heavy atom. The van der Waals surface area contributed by atoms with Gasteiger partial charge in [0.1, 0.15) is 6.04 Å². The van der Waals surface area contributed by atoms with Crippen molar-refractivity contribution >= 4 is 16.0 Å². The van der Waals surface area contributed by atoms with Crippen LogP contribution >= 0.6 is 0 Å². The fraction of sp³-hybridized carbons (Fsp3) is 0.462. The summed E-state index contributed by atoms with van der Waals surface area (Å²) in [6.45, 7) is 0.404. The Hall–Kier alpha value is -1.44. The van der Waals surface area contributed by atoms with E-state index in [9.17, 15) is 13.2 Å². The zero-order chi connectivity index (χ0) is 14.8. The van der Waals surface area contributed by atoms with Crippen LogP contribution in [0.5, 0.6) is 0 Å². The fourth-order valence-corrected chi connectivity index (χ4v) is 4.29. The van der Waals surface area contributed by atoms with Gasteiger partial charge < -0.3 is 9.84 Å². The second-order valence-electron chi connectivity index (χ2n) is 4.65. The van der Waals surface area contributed by atoms with Crippen LogP contribution in [0, 0.1) is 0 Å². The van der Waals surface area contributed by atoms with Gasteiger partial charge in [0.2, 0.25) is 10.0 Å². The van der Waals surface area contributed by atoms with Crippen LogP contribution < -0.4 is 0 Å². The number of aliphatic carboxylic acids is 1. The lowest BCUT2D eigenvalue weighted by molar-refractivity contribution is -0.140. The maximum atomic E-state index is 12.7. The van der Waals surface area contributed by atoms with E-state index >= 15 is 0 Å². The number of methoxy groups -OCH3 is 1. The van der Waals surface area contributed by atoms with Gasteiger partial charge in [-0.2, -0.15) is 4.31 Å². The van der Waals surface area contributed by atoms with Crippen molar-refractivity contribution in [2.24, 2.45) is 0 Å². The molecule has 0 unspecified atom stereocenters. The predicted molar refractivity (Wildman–Crippen MR) is 71.7 cm³/mol. The van der Waals surface area contributed by atoms with Crippen LogP contribution in [0.2, 0.25) is 0 Å². The second-order valence-corrected chi connectivity index (χ2v) is 6.51. The molecule has 0 bridgehead atoms. The van der Waals surface area contributed by atoms with Crippen LogP contribution in [0.15, 0.2) is 29.2 Å². The summed E-state index contributed by atoms with van der Waals surface area (Å²) in [6, 6.07) is 5.53. The van der Waals surface area contributed by atoms with E-state index in [1.54, 1.807) is 18.2 Å². The summed E-state index contributed by atoms with van der Waals surface area (Å²) in [6.07, 6.45) is 0.906. The van der Waals surface area contributed by atoms with E-state index in [0.717, 1.165) is 4.31 Å². The molecule has 1 N–H and O–H groups in total. The van der Waals surface area contributed by atoms with Gasteiger partial charge in [0, 0.05) is 13.7 Å². The van der Waals surface area contributed by atoms with Gasteiger partial charge in [-0.1, -0.05) is 18.2 Å². The minimum Gasteiger partial charge on any atom is -0.480 e. The van der Waals surface area contributed by atoms with Gasteiger partial charge in [0.05, 0.1) is 11.5 Å². The average molecular weight is 299 g/mol. The molecule has 0 radical (unpaired) electrons. The number of carbonyl (C=O) groups is 1. The van der Waals surface area contributed by atoms with Crippen molar-refractivity contribution in [1.82, 2.24) is 4.31 Å². The molecule has 1 aromatic carbocycles. The third kappa shape index (κ3) is 2.70. The van der Waals surface area contributed by atoms with Crippen molar-refractivity contribution in [3.63, 3.8) is 0 Å². The first-order valence-corrected chi connectivity index (χ1v) is 7.74. The quantitative estimate of drug-likeness (QED) is 0.879. The molecule has 1 atom stereocenters. The van der Waals surface area contributed by atoms with Crippen LogP contribution in [0.3, 0.4) is 0 Å². The molecule has 1 saturated heterocycles. The van der Waals surface area contributed by atoms with Crippen LogP contribution in [0.4, 0.5) is 0 Å². The van der Waals surface area contributed by atoms with Gasteiger partial charge in [-0.25, -0.2) is 8.42 Å². The Bertz CT molecular complexity index is 599. The van der Waals surface area contributed by atoms with Gasteiger partial charge in [-0.15, -0.1) is 0 Å². The minimum absolute atomic E-state index is 0.120. The molecule has 0 saturated carbocycles. The lowest BCUT2D eigenvalue weighted by Gasteiger charge is -2.22. The number of hydrogen-bond donors (Lipinski definition) is 1. The van der Waals surface area contributed by atoms with Crippen LogP contribution in [0.1, 0.15) is 18.4 Å². The highest BCUT2D eigenvalue weighted by Gasteiger charge is 2.40. The standard InChI is InChI=1S/C13H17NO5S/c1-19-9-10-5-2-3-7-12(10)20(17,18)14-8-4-6-11(14)13(15)16/h2-3,5,7,11H,4,6,8-9H2,1H3,(H,15,16)/t11-/m1/s1. The van der Waals surface area contributed by atoms with Crippen molar-refractivity contribution in [3.05, 3.63) is 29.8 Å². The van der Waals surface area contributed by atoms with Crippen molar-refractivity contribution in [2.45, 2.75) is 30.4 Å². The minimum atomic E-state index is -3.81. The van der Waals surface area contributed by atoms with Crippen LogP contribution in [-0.2, 0) is 26.2 Å². The van der Waals surface area contributed by atoms with Gasteiger partial charge in [-0.05, 0) is 24.5 Å². The monoisotopic (exact) mass is 299 g/mol. The molecule has 0 aromatic heterocycles. The third-order valence-electron chi connectivity index (χ3n) is 3.35. The van der Waals surface area contributed by atoms with Gasteiger partial charge >= 0.3 is 5.97 Å². The summed E-state index contributed by atoms with van der Waals surface area (Å²) in [5.41, 5.74) is 0.533. The van der Waals surface area contributed by atoms with E-state index in [1.807, 2.05) is 0 Å². The summed E-state index contributed by atoms with van der Waals surface area (Å²) in [5, 5.41) is 9.14. The summed E-state index contributed by atoms with van der Waals surface area (Å²) in [5.74, 6) is -1.10. The van der Waals surface area contributed by atoms with Crippen LogP contribution in [-0.4, -0.2) is 43.5 Å². The van der Waals surface area contributed by atoms with E-state index in [-0.39, 0.29) is 18.0 Å². The highest BCUT2D eigenvalue weighted by molar-refractivity contribution is 7.89. The maximum Gasteiger partial charge on any atom is 0.322 e. The van der Waals surface area contributed by atoms with E-state index in [4.69, 9.17) is 9.84 Å². The van der Waals surface area contributed by atoms with E-state index in [0.29, 0.717) is 18.4 Å². The number of carboxylic acids is 1. The lowest BCUT2D eigenvalue weighted by atomic mass is 10.2. The Morgan fingerprint density at radius 3 is 2.80 bits per heavy atom. The van der Waals surface area contributed by atoms with E-state index in [1.165, 1.54) is 13.2 Å². The van der Waals surface area contributed by atoms with E-state index < -0.39 is 22.0 Å². The first-order chi connectivity index (χ1) is 9.48. The molecule has 7 heteroatoms. The molecule has 20 heavy (non-hydrogen) atoms. The number of nitrogens with zero attached hydrogens (tertiary/aromatic N) is 1. The van der Waals surface area contributed by atoms with Crippen molar-refractivity contribution in [3.8, 4) is 0 Å². The summed E-state index contributed by atoms with van der Waals surface area (Å²) >= 11 is 0. The number of carboxylic acid groups (broad SMARTS) is 1. The number of rotatable bonds is 5. The van der Waals surface area contributed by atoms with Crippen molar-refractivity contribution in [1.29, 1.82) is 0 Å². The number of hydrogen-bond acceptors (Lipinski definition) is 4. The normalized spacial score (nSPS) is 20.1. The topological polar surface area (TPSA) is 83.9 Å². The molecule has 1 aliphatic rings. The lowest BCUT2D eigenvalue weighted by Crippen LogP contribution is -2.40. The average Bonchev–Trinajstić information content (AvgIpc) is 2.89. The highest BCUT2D eigenvalue weighted by Crippen LogP contribution is 2.28. The molecule has 1 heterocycles. The Labute approximate surface area is 118 Å². The number of sulfonamides is 1.